The first kappa shape index (κ1) is 22.3. The minimum Gasteiger partial charge on any atom is -0.465 e. The maximum atomic E-state index is 12.2. The summed E-state index contributed by atoms with van der Waals surface area (Å²) >= 11 is 0. The number of sulfone groups is 1. The van der Waals surface area contributed by atoms with E-state index in [1.165, 1.54) is 29.5 Å². The average molecular weight is 452 g/mol. The van der Waals surface area contributed by atoms with Crippen LogP contribution < -0.4 is 4.90 Å². The summed E-state index contributed by atoms with van der Waals surface area (Å²) < 4.78 is 29.0. The van der Waals surface area contributed by atoms with Gasteiger partial charge in [-0.05, 0) is 59.2 Å². The highest BCUT2D eigenvalue weighted by atomic mass is 32.2. The van der Waals surface area contributed by atoms with Gasteiger partial charge in [0.2, 0.25) is 0 Å². The van der Waals surface area contributed by atoms with Gasteiger partial charge in [-0.15, -0.1) is 0 Å². The van der Waals surface area contributed by atoms with Crippen LogP contribution in [0.2, 0.25) is 0 Å². The maximum Gasteiger partial charge on any atom is 0.339 e. The predicted molar refractivity (Wildman–Crippen MR) is 128 cm³/mol. The van der Waals surface area contributed by atoms with Crippen molar-refractivity contribution in [1.29, 1.82) is 0 Å². The van der Waals surface area contributed by atoms with Crippen molar-refractivity contribution in [2.45, 2.75) is 30.6 Å². The molecule has 0 saturated carbocycles. The Hall–Kier alpha value is -2.86. The number of ether oxygens (including phenoxy) is 1. The first-order chi connectivity index (χ1) is 15.3. The van der Waals surface area contributed by atoms with Crippen LogP contribution in [0.25, 0.3) is 10.8 Å². The Kier molecular flexibility index (Phi) is 6.24. The molecule has 4 rings (SSSR count). The summed E-state index contributed by atoms with van der Waals surface area (Å²) in [7, 11) is -2.26. The average Bonchev–Trinajstić information content (AvgIpc) is 3.25. The summed E-state index contributed by atoms with van der Waals surface area (Å²) in [6.07, 6.45) is 3.25. The standard InChI is InChI=1S/C26H29NO4S/c1-18(22-10-6-8-20-7-4-5-9-23(20)22)15-19-13-14-27(17-19)21-11-12-25(32(3,29)30)24(16-21)26(28)31-2/h4-12,16,18-19H,13-15,17H2,1-3H3/t18-,19+/m0/s1. The summed E-state index contributed by atoms with van der Waals surface area (Å²) in [4.78, 5) is 14.5. The number of carbonyl (C=O) groups excluding carboxylic acids is 1. The molecule has 168 valence electrons. The van der Waals surface area contributed by atoms with Gasteiger partial charge in [-0.25, -0.2) is 13.2 Å². The van der Waals surface area contributed by atoms with Gasteiger partial charge in [0.15, 0.2) is 9.84 Å². The Morgan fingerprint density at radius 3 is 2.62 bits per heavy atom. The lowest BCUT2D eigenvalue weighted by molar-refractivity contribution is 0.0596. The quantitative estimate of drug-likeness (QED) is 0.491. The molecule has 0 bridgehead atoms. The topological polar surface area (TPSA) is 63.7 Å². The second-order valence-electron chi connectivity index (χ2n) is 8.75. The van der Waals surface area contributed by atoms with Crippen molar-refractivity contribution < 1.29 is 17.9 Å². The molecule has 3 aromatic carbocycles. The molecule has 0 N–H and O–H groups in total. The van der Waals surface area contributed by atoms with Gasteiger partial charge >= 0.3 is 5.97 Å². The molecule has 1 saturated heterocycles. The second-order valence-corrected chi connectivity index (χ2v) is 10.7. The number of hydrogen-bond donors (Lipinski definition) is 0. The zero-order chi connectivity index (χ0) is 22.9. The van der Waals surface area contributed by atoms with Crippen LogP contribution in [0.3, 0.4) is 0 Å². The molecule has 5 nitrogen and oxygen atoms in total. The maximum absolute atomic E-state index is 12.2. The fourth-order valence-corrected chi connectivity index (χ4v) is 5.73. The number of carbonyl (C=O) groups is 1. The summed E-state index contributed by atoms with van der Waals surface area (Å²) in [6.45, 7) is 4.06. The number of nitrogens with zero attached hydrogens (tertiary/aromatic N) is 1. The second kappa shape index (κ2) is 8.94. The Balaban J connectivity index is 1.52. The molecule has 0 spiro atoms. The number of anilines is 1. The molecule has 32 heavy (non-hydrogen) atoms. The highest BCUT2D eigenvalue weighted by Gasteiger charge is 2.27. The highest BCUT2D eigenvalue weighted by Crippen LogP contribution is 2.35. The van der Waals surface area contributed by atoms with Crippen molar-refractivity contribution in [3.8, 4) is 0 Å². The predicted octanol–water partition coefficient (Wildman–Crippen LogP) is 5.05. The van der Waals surface area contributed by atoms with Gasteiger partial charge < -0.3 is 9.64 Å². The van der Waals surface area contributed by atoms with Crippen LogP contribution in [0.15, 0.2) is 65.6 Å². The van der Waals surface area contributed by atoms with E-state index in [1.54, 1.807) is 12.1 Å². The number of fused-ring (bicyclic) bond motifs is 1. The summed E-state index contributed by atoms with van der Waals surface area (Å²) in [5.74, 6) is 0.331. The van der Waals surface area contributed by atoms with E-state index in [0.29, 0.717) is 11.8 Å². The SMILES string of the molecule is COC(=O)c1cc(N2CC[C@H](C[C@H](C)c3cccc4ccccc34)C2)ccc1S(C)(=O)=O. The van der Waals surface area contributed by atoms with Crippen molar-refractivity contribution in [2.75, 3.05) is 31.4 Å². The van der Waals surface area contributed by atoms with E-state index in [2.05, 4.69) is 54.3 Å². The van der Waals surface area contributed by atoms with Crippen LogP contribution in [-0.2, 0) is 14.6 Å². The summed E-state index contributed by atoms with van der Waals surface area (Å²) in [5, 5.41) is 2.59. The van der Waals surface area contributed by atoms with E-state index < -0.39 is 15.8 Å². The van der Waals surface area contributed by atoms with Crippen molar-refractivity contribution in [2.24, 2.45) is 5.92 Å². The smallest absolute Gasteiger partial charge is 0.339 e. The molecular weight excluding hydrogens is 422 g/mol. The Bertz CT molecular complexity index is 1250. The molecule has 2 atom stereocenters. The molecule has 0 amide bonds. The zero-order valence-corrected chi connectivity index (χ0v) is 19.6. The van der Waals surface area contributed by atoms with Gasteiger partial charge in [-0.1, -0.05) is 49.4 Å². The largest absolute Gasteiger partial charge is 0.465 e. The molecule has 0 radical (unpaired) electrons. The van der Waals surface area contributed by atoms with Crippen LogP contribution in [0, 0.1) is 5.92 Å². The van der Waals surface area contributed by atoms with Gasteiger partial charge in [0, 0.05) is 25.0 Å². The van der Waals surface area contributed by atoms with E-state index >= 15 is 0 Å². The first-order valence-corrected chi connectivity index (χ1v) is 12.8. The third-order valence-corrected chi connectivity index (χ3v) is 7.62. The normalized spacial score (nSPS) is 17.5. The molecule has 6 heteroatoms. The number of benzene rings is 3. The third kappa shape index (κ3) is 4.51. The molecule has 1 fully saturated rings. The molecule has 1 heterocycles. The van der Waals surface area contributed by atoms with Gasteiger partial charge in [0.25, 0.3) is 0 Å². The minimum absolute atomic E-state index is 0.00780. The van der Waals surface area contributed by atoms with Crippen LogP contribution >= 0.6 is 0 Å². The van der Waals surface area contributed by atoms with E-state index in [1.807, 2.05) is 0 Å². The monoisotopic (exact) mass is 451 g/mol. The minimum atomic E-state index is -3.52. The van der Waals surface area contributed by atoms with E-state index in [-0.39, 0.29) is 10.5 Å². The summed E-state index contributed by atoms with van der Waals surface area (Å²) in [6, 6.07) is 20.0. The van der Waals surface area contributed by atoms with Crippen LogP contribution in [0.5, 0.6) is 0 Å². The van der Waals surface area contributed by atoms with Gasteiger partial charge in [0.05, 0.1) is 17.6 Å². The molecule has 3 aromatic rings. The van der Waals surface area contributed by atoms with Gasteiger partial charge in [0.1, 0.15) is 0 Å². The molecule has 1 aliphatic rings. The van der Waals surface area contributed by atoms with Crippen molar-refractivity contribution >= 4 is 32.3 Å². The molecule has 1 aliphatic heterocycles. The fourth-order valence-electron chi connectivity index (χ4n) is 4.87. The number of methoxy groups -OCH3 is 1. The molecule has 0 aliphatic carbocycles. The lowest BCUT2D eigenvalue weighted by Crippen LogP contribution is -2.21. The van der Waals surface area contributed by atoms with Crippen molar-refractivity contribution in [1.82, 2.24) is 0 Å². The van der Waals surface area contributed by atoms with Crippen LogP contribution in [0.4, 0.5) is 5.69 Å². The fraction of sp³-hybridized carbons (Fsp3) is 0.346. The van der Waals surface area contributed by atoms with E-state index in [0.717, 1.165) is 37.9 Å². The third-order valence-electron chi connectivity index (χ3n) is 6.46. The summed E-state index contributed by atoms with van der Waals surface area (Å²) in [5.41, 5.74) is 2.34. The zero-order valence-electron chi connectivity index (χ0n) is 18.7. The van der Waals surface area contributed by atoms with Crippen molar-refractivity contribution in [3.63, 3.8) is 0 Å². The number of hydrogen-bond acceptors (Lipinski definition) is 5. The van der Waals surface area contributed by atoms with Crippen LogP contribution in [0.1, 0.15) is 41.6 Å². The number of esters is 1. The Morgan fingerprint density at radius 1 is 1.12 bits per heavy atom. The molecule has 0 unspecified atom stereocenters. The van der Waals surface area contributed by atoms with Gasteiger partial charge in [-0.2, -0.15) is 0 Å². The molecule has 0 aromatic heterocycles. The Morgan fingerprint density at radius 2 is 1.88 bits per heavy atom. The number of rotatable bonds is 6. The highest BCUT2D eigenvalue weighted by molar-refractivity contribution is 7.90. The lowest BCUT2D eigenvalue weighted by atomic mass is 9.87. The van der Waals surface area contributed by atoms with Gasteiger partial charge in [-0.3, -0.25) is 0 Å². The first-order valence-electron chi connectivity index (χ1n) is 10.9. The lowest BCUT2D eigenvalue weighted by Gasteiger charge is -2.22. The molecular formula is C26H29NO4S. The van der Waals surface area contributed by atoms with E-state index in [4.69, 9.17) is 4.74 Å². The Labute approximate surface area is 189 Å². The van der Waals surface area contributed by atoms with E-state index in [9.17, 15) is 13.2 Å². The van der Waals surface area contributed by atoms with Crippen molar-refractivity contribution in [3.05, 3.63) is 71.8 Å². The van der Waals surface area contributed by atoms with Crippen LogP contribution in [-0.4, -0.2) is 40.8 Å².